The summed E-state index contributed by atoms with van der Waals surface area (Å²) in [5, 5.41) is 3.52. The Morgan fingerprint density at radius 3 is 2.79 bits per heavy atom. The topological polar surface area (TPSA) is 32.3 Å². The Kier molecular flexibility index (Phi) is 3.96. The quantitative estimate of drug-likeness (QED) is 0.731. The van der Waals surface area contributed by atoms with E-state index in [1.165, 1.54) is 32.4 Å². The fraction of sp³-hybridized carbons (Fsp3) is 1.00. The van der Waals surface area contributed by atoms with Crippen LogP contribution >= 0.6 is 0 Å². The molecule has 0 aliphatic carbocycles. The number of hydrogen-bond acceptors (Lipinski definition) is 3. The third-order valence-corrected chi connectivity index (χ3v) is 4.50. The van der Waals surface area contributed by atoms with E-state index in [0.717, 1.165) is 30.6 Å². The first-order valence-corrected chi connectivity index (χ1v) is 7.14. The first kappa shape index (κ1) is 10.6. The lowest BCUT2D eigenvalue weighted by atomic mass is 10.1. The maximum absolute atomic E-state index is 11.1. The highest BCUT2D eigenvalue weighted by molar-refractivity contribution is 7.85. The summed E-state index contributed by atoms with van der Waals surface area (Å²) in [6.07, 6.45) is 3.96. The van der Waals surface area contributed by atoms with Crippen LogP contribution in [0.25, 0.3) is 0 Å². The molecule has 2 fully saturated rings. The van der Waals surface area contributed by atoms with Gasteiger partial charge in [-0.2, -0.15) is 0 Å². The Morgan fingerprint density at radius 2 is 2.14 bits per heavy atom. The largest absolute Gasteiger partial charge is 0.314 e. The lowest BCUT2D eigenvalue weighted by Gasteiger charge is -2.27. The number of nitrogens with one attached hydrogen (secondary N) is 1. The summed E-state index contributed by atoms with van der Waals surface area (Å²) in [6.45, 7) is 4.47. The van der Waals surface area contributed by atoms with Crippen LogP contribution in [0.5, 0.6) is 0 Å². The second-order valence-electron chi connectivity index (χ2n) is 4.27. The fourth-order valence-corrected chi connectivity index (χ4v) is 3.37. The van der Waals surface area contributed by atoms with E-state index in [1.54, 1.807) is 0 Å². The lowest BCUT2D eigenvalue weighted by molar-refractivity contribution is 0.282. The summed E-state index contributed by atoms with van der Waals surface area (Å²) >= 11 is 0. The Bertz CT molecular complexity index is 194. The zero-order chi connectivity index (χ0) is 9.80. The smallest absolute Gasteiger partial charge is 0.0363 e. The Labute approximate surface area is 88.7 Å². The summed E-state index contributed by atoms with van der Waals surface area (Å²) < 4.78 is 11.1. The van der Waals surface area contributed by atoms with Gasteiger partial charge >= 0.3 is 0 Å². The minimum atomic E-state index is -0.524. The molecule has 1 N–H and O–H groups in total. The first-order valence-electron chi connectivity index (χ1n) is 5.65. The first-order chi connectivity index (χ1) is 6.84. The van der Waals surface area contributed by atoms with Crippen molar-refractivity contribution in [1.29, 1.82) is 0 Å². The zero-order valence-electron chi connectivity index (χ0n) is 8.71. The number of hydrogen-bond donors (Lipinski definition) is 1. The van der Waals surface area contributed by atoms with Crippen molar-refractivity contribution in [2.24, 2.45) is 0 Å². The van der Waals surface area contributed by atoms with Crippen LogP contribution in [0.1, 0.15) is 19.3 Å². The Hall–Kier alpha value is 0.0700. The van der Waals surface area contributed by atoms with Gasteiger partial charge in [0, 0.05) is 41.4 Å². The molecule has 0 spiro atoms. The average Bonchev–Trinajstić information content (AvgIpc) is 2.70. The van der Waals surface area contributed by atoms with Gasteiger partial charge in [0.25, 0.3) is 0 Å². The molecule has 4 heteroatoms. The van der Waals surface area contributed by atoms with Crippen molar-refractivity contribution in [2.75, 3.05) is 37.7 Å². The van der Waals surface area contributed by atoms with Gasteiger partial charge in [-0.25, -0.2) is 0 Å². The second kappa shape index (κ2) is 5.24. The monoisotopic (exact) mass is 216 g/mol. The van der Waals surface area contributed by atoms with E-state index in [-0.39, 0.29) is 0 Å². The van der Waals surface area contributed by atoms with Crippen LogP contribution in [0.15, 0.2) is 0 Å². The summed E-state index contributed by atoms with van der Waals surface area (Å²) in [7, 11) is -0.524. The highest BCUT2D eigenvalue weighted by Gasteiger charge is 2.18. The van der Waals surface area contributed by atoms with Gasteiger partial charge in [0.15, 0.2) is 0 Å². The molecule has 0 radical (unpaired) electrons. The van der Waals surface area contributed by atoms with E-state index in [2.05, 4.69) is 10.2 Å². The van der Waals surface area contributed by atoms with E-state index in [9.17, 15) is 4.21 Å². The van der Waals surface area contributed by atoms with Gasteiger partial charge in [0.05, 0.1) is 0 Å². The lowest BCUT2D eigenvalue weighted by Crippen LogP contribution is -2.40. The summed E-state index contributed by atoms with van der Waals surface area (Å²) in [5.41, 5.74) is 0. The summed E-state index contributed by atoms with van der Waals surface area (Å²) in [4.78, 5) is 2.46. The molecule has 0 saturated carbocycles. The highest BCUT2D eigenvalue weighted by atomic mass is 32.2. The van der Waals surface area contributed by atoms with Crippen LogP contribution in [-0.2, 0) is 10.8 Å². The molecule has 0 amide bonds. The van der Waals surface area contributed by atoms with Crippen LogP contribution in [0.4, 0.5) is 0 Å². The predicted octanol–water partition coefficient (Wildman–Crippen LogP) is 0.193. The minimum absolute atomic E-state index is 0.524. The van der Waals surface area contributed by atoms with Crippen LogP contribution in [0, 0.1) is 0 Å². The van der Waals surface area contributed by atoms with Crippen LogP contribution < -0.4 is 5.32 Å². The fourth-order valence-electron chi connectivity index (χ4n) is 2.24. The predicted molar refractivity (Wildman–Crippen MR) is 60.0 cm³/mol. The summed E-state index contributed by atoms with van der Waals surface area (Å²) in [5.74, 6) is 1.77. The molecule has 1 unspecified atom stereocenters. The van der Waals surface area contributed by atoms with Crippen LogP contribution in [-0.4, -0.2) is 52.8 Å². The van der Waals surface area contributed by atoms with E-state index in [1.807, 2.05) is 0 Å². The molecular weight excluding hydrogens is 196 g/mol. The highest BCUT2D eigenvalue weighted by Crippen LogP contribution is 2.10. The van der Waals surface area contributed by atoms with Crippen LogP contribution in [0.2, 0.25) is 0 Å². The number of rotatable bonds is 3. The molecule has 2 saturated heterocycles. The molecule has 82 valence electrons. The zero-order valence-corrected chi connectivity index (χ0v) is 9.52. The molecule has 14 heavy (non-hydrogen) atoms. The molecule has 2 aliphatic heterocycles. The van der Waals surface area contributed by atoms with Gasteiger partial charge in [-0.15, -0.1) is 0 Å². The standard InChI is InChI=1S/C10H20N2OS/c13-14-8-6-12(7-9-14)5-3-10-2-1-4-11-10/h10-11H,1-9H2. The molecule has 0 aromatic carbocycles. The molecule has 2 heterocycles. The van der Waals surface area contributed by atoms with Crippen molar-refractivity contribution >= 4 is 10.8 Å². The van der Waals surface area contributed by atoms with Gasteiger partial charge in [-0.1, -0.05) is 0 Å². The maximum Gasteiger partial charge on any atom is 0.0363 e. The Morgan fingerprint density at radius 1 is 1.36 bits per heavy atom. The minimum Gasteiger partial charge on any atom is -0.314 e. The SMILES string of the molecule is O=S1CCN(CCC2CCCN2)CC1. The molecule has 0 aromatic heterocycles. The maximum atomic E-state index is 11.1. The van der Waals surface area contributed by atoms with E-state index in [4.69, 9.17) is 0 Å². The van der Waals surface area contributed by atoms with Gasteiger partial charge in [-0.3, -0.25) is 4.21 Å². The van der Waals surface area contributed by atoms with Gasteiger partial charge in [0.2, 0.25) is 0 Å². The van der Waals surface area contributed by atoms with E-state index < -0.39 is 10.8 Å². The van der Waals surface area contributed by atoms with Crippen molar-refractivity contribution in [1.82, 2.24) is 10.2 Å². The molecule has 2 rings (SSSR count). The molecule has 3 nitrogen and oxygen atoms in total. The molecule has 0 aromatic rings. The second-order valence-corrected chi connectivity index (χ2v) is 5.97. The third-order valence-electron chi connectivity index (χ3n) is 3.23. The van der Waals surface area contributed by atoms with Crippen molar-refractivity contribution in [3.63, 3.8) is 0 Å². The van der Waals surface area contributed by atoms with Crippen LogP contribution in [0.3, 0.4) is 0 Å². The van der Waals surface area contributed by atoms with Crippen molar-refractivity contribution in [3.05, 3.63) is 0 Å². The molecular formula is C10H20N2OS. The van der Waals surface area contributed by atoms with E-state index in [0.29, 0.717) is 0 Å². The normalized spacial score (nSPS) is 31.0. The molecule has 2 aliphatic rings. The summed E-state index contributed by atoms with van der Waals surface area (Å²) in [6, 6.07) is 0.752. The molecule has 0 bridgehead atoms. The Balaban J connectivity index is 1.63. The van der Waals surface area contributed by atoms with E-state index >= 15 is 0 Å². The van der Waals surface area contributed by atoms with Crippen molar-refractivity contribution < 1.29 is 4.21 Å². The molecule has 1 atom stereocenters. The van der Waals surface area contributed by atoms with Gasteiger partial charge in [-0.05, 0) is 32.4 Å². The number of nitrogens with zero attached hydrogens (tertiary/aromatic N) is 1. The van der Waals surface area contributed by atoms with Gasteiger partial charge < -0.3 is 10.2 Å². The van der Waals surface area contributed by atoms with Crippen molar-refractivity contribution in [2.45, 2.75) is 25.3 Å². The van der Waals surface area contributed by atoms with Gasteiger partial charge in [0.1, 0.15) is 0 Å². The average molecular weight is 216 g/mol. The van der Waals surface area contributed by atoms with Crippen molar-refractivity contribution in [3.8, 4) is 0 Å². The third kappa shape index (κ3) is 3.04.